The maximum absolute atomic E-state index is 5.71. The van der Waals surface area contributed by atoms with Crippen LogP contribution in [0.5, 0.6) is 0 Å². The fourth-order valence-corrected chi connectivity index (χ4v) is 1.72. The van der Waals surface area contributed by atoms with Crippen LogP contribution in [0.15, 0.2) is 24.3 Å². The fourth-order valence-electron chi connectivity index (χ4n) is 1.72. The van der Waals surface area contributed by atoms with Crippen LogP contribution in [0.1, 0.15) is 44.2 Å². The maximum Gasteiger partial charge on any atom is 0.0720 e. The molecule has 0 aliphatic carbocycles. The zero-order valence-electron chi connectivity index (χ0n) is 11.5. The third-order valence-corrected chi connectivity index (χ3v) is 3.17. The highest BCUT2D eigenvalue weighted by Gasteiger charge is 2.04. The van der Waals surface area contributed by atoms with E-state index in [-0.39, 0.29) is 0 Å². The minimum Gasteiger partial charge on any atom is -0.374 e. The third kappa shape index (κ3) is 4.88. The fraction of sp³-hybridized carbons (Fsp3) is 0.600. The number of rotatable bonds is 7. The van der Waals surface area contributed by atoms with Gasteiger partial charge < -0.3 is 10.1 Å². The molecular weight excluding hydrogens is 210 g/mol. The van der Waals surface area contributed by atoms with Crippen LogP contribution in [0.25, 0.3) is 0 Å². The quantitative estimate of drug-likeness (QED) is 0.782. The molecule has 0 radical (unpaired) electrons. The van der Waals surface area contributed by atoms with E-state index in [1.165, 1.54) is 11.1 Å². The molecule has 0 aliphatic heterocycles. The molecule has 0 fully saturated rings. The minimum atomic E-state index is 0.345. The van der Waals surface area contributed by atoms with Gasteiger partial charge in [0, 0.05) is 6.54 Å². The molecule has 17 heavy (non-hydrogen) atoms. The predicted octanol–water partition coefficient (Wildman–Crippen LogP) is 3.32. The van der Waals surface area contributed by atoms with Crippen molar-refractivity contribution in [3.8, 4) is 0 Å². The van der Waals surface area contributed by atoms with Gasteiger partial charge in [0.25, 0.3) is 0 Å². The van der Waals surface area contributed by atoms with Crippen molar-refractivity contribution in [2.24, 2.45) is 0 Å². The summed E-state index contributed by atoms with van der Waals surface area (Å²) in [6.45, 7) is 8.23. The topological polar surface area (TPSA) is 21.3 Å². The molecule has 0 heterocycles. The van der Waals surface area contributed by atoms with Gasteiger partial charge in [-0.25, -0.2) is 0 Å². The zero-order valence-corrected chi connectivity index (χ0v) is 11.5. The summed E-state index contributed by atoms with van der Waals surface area (Å²) in [6.07, 6.45) is 1.41. The van der Waals surface area contributed by atoms with Gasteiger partial charge >= 0.3 is 0 Å². The molecule has 2 nitrogen and oxygen atoms in total. The first-order valence-corrected chi connectivity index (χ1v) is 6.52. The Balaban J connectivity index is 2.50. The first-order valence-electron chi connectivity index (χ1n) is 6.52. The van der Waals surface area contributed by atoms with Gasteiger partial charge in [0.15, 0.2) is 0 Å². The molecule has 96 valence electrons. The van der Waals surface area contributed by atoms with Crippen molar-refractivity contribution < 1.29 is 4.74 Å². The van der Waals surface area contributed by atoms with Crippen LogP contribution < -0.4 is 5.32 Å². The summed E-state index contributed by atoms with van der Waals surface area (Å²) in [5.74, 6) is 0.560. The van der Waals surface area contributed by atoms with E-state index in [0.29, 0.717) is 12.0 Å². The second-order valence-electron chi connectivity index (χ2n) is 4.73. The number of benzene rings is 1. The van der Waals surface area contributed by atoms with Crippen molar-refractivity contribution in [3.63, 3.8) is 0 Å². The molecule has 0 amide bonds. The average Bonchev–Trinajstić information content (AvgIpc) is 2.36. The first-order chi connectivity index (χ1) is 8.17. The zero-order chi connectivity index (χ0) is 12.7. The number of likely N-dealkylation sites (N-methyl/N-ethyl adjacent to an activating group) is 1. The number of hydrogen-bond donors (Lipinski definition) is 1. The minimum absolute atomic E-state index is 0.345. The Hall–Kier alpha value is -0.860. The third-order valence-electron chi connectivity index (χ3n) is 3.17. The maximum atomic E-state index is 5.71. The Labute approximate surface area is 105 Å². The van der Waals surface area contributed by atoms with Crippen LogP contribution in [0.4, 0.5) is 0 Å². The molecule has 2 unspecified atom stereocenters. The van der Waals surface area contributed by atoms with Crippen LogP contribution >= 0.6 is 0 Å². The number of ether oxygens (including phenoxy) is 1. The first kappa shape index (κ1) is 14.2. The van der Waals surface area contributed by atoms with Gasteiger partial charge in [0.05, 0.1) is 12.7 Å². The molecule has 1 aromatic carbocycles. The predicted molar refractivity (Wildman–Crippen MR) is 73.3 cm³/mol. The summed E-state index contributed by atoms with van der Waals surface area (Å²) in [7, 11) is 1.99. The lowest BCUT2D eigenvalue weighted by Gasteiger charge is -2.13. The molecule has 0 aliphatic rings. The van der Waals surface area contributed by atoms with Crippen molar-refractivity contribution in [2.45, 2.75) is 45.8 Å². The molecule has 1 rings (SSSR count). The molecule has 0 spiro atoms. The lowest BCUT2D eigenvalue weighted by molar-refractivity contribution is 0.0508. The molecule has 0 saturated heterocycles. The average molecular weight is 235 g/mol. The van der Waals surface area contributed by atoms with Gasteiger partial charge in [-0.1, -0.05) is 38.1 Å². The molecule has 0 aromatic heterocycles. The van der Waals surface area contributed by atoms with Gasteiger partial charge in [-0.2, -0.15) is 0 Å². The highest BCUT2D eigenvalue weighted by molar-refractivity contribution is 5.24. The largest absolute Gasteiger partial charge is 0.374 e. The standard InChI is InChI=1S/C15H25NO/c1-5-13(3)17-11-14-6-8-15(9-7-14)12(2)10-16-4/h6-9,12-13,16H,5,10-11H2,1-4H3. The van der Waals surface area contributed by atoms with E-state index >= 15 is 0 Å². The van der Waals surface area contributed by atoms with E-state index < -0.39 is 0 Å². The summed E-state index contributed by atoms with van der Waals surface area (Å²) in [5, 5.41) is 3.20. The van der Waals surface area contributed by atoms with E-state index in [0.717, 1.165) is 19.6 Å². The van der Waals surface area contributed by atoms with Gasteiger partial charge in [-0.3, -0.25) is 0 Å². The molecule has 0 saturated carbocycles. The van der Waals surface area contributed by atoms with Gasteiger partial charge in [0.1, 0.15) is 0 Å². The van der Waals surface area contributed by atoms with Crippen molar-refractivity contribution in [1.29, 1.82) is 0 Å². The van der Waals surface area contributed by atoms with Crippen LogP contribution in [-0.4, -0.2) is 19.7 Å². The normalized spacial score (nSPS) is 14.6. The Morgan fingerprint density at radius 2 is 1.82 bits per heavy atom. The molecular formula is C15H25NO. The van der Waals surface area contributed by atoms with Crippen LogP contribution in [0, 0.1) is 0 Å². The summed E-state index contributed by atoms with van der Waals surface area (Å²) in [6, 6.07) is 8.75. The van der Waals surface area contributed by atoms with E-state index in [1.54, 1.807) is 0 Å². The number of nitrogens with one attached hydrogen (secondary N) is 1. The van der Waals surface area contributed by atoms with Gasteiger partial charge in [-0.05, 0) is 37.4 Å². The second-order valence-corrected chi connectivity index (χ2v) is 4.73. The number of hydrogen-bond acceptors (Lipinski definition) is 2. The van der Waals surface area contributed by atoms with Crippen molar-refractivity contribution in [2.75, 3.05) is 13.6 Å². The second kappa shape index (κ2) is 7.46. The molecule has 2 heteroatoms. The summed E-state index contributed by atoms with van der Waals surface area (Å²) in [4.78, 5) is 0. The SMILES string of the molecule is CCC(C)OCc1ccc(C(C)CNC)cc1. The highest BCUT2D eigenvalue weighted by atomic mass is 16.5. The van der Waals surface area contributed by atoms with Crippen molar-refractivity contribution in [3.05, 3.63) is 35.4 Å². The Morgan fingerprint density at radius 1 is 1.18 bits per heavy atom. The van der Waals surface area contributed by atoms with Crippen molar-refractivity contribution in [1.82, 2.24) is 5.32 Å². The molecule has 1 N–H and O–H groups in total. The molecule has 0 bridgehead atoms. The van der Waals surface area contributed by atoms with Gasteiger partial charge in [-0.15, -0.1) is 0 Å². The monoisotopic (exact) mass is 235 g/mol. The van der Waals surface area contributed by atoms with E-state index in [4.69, 9.17) is 4.74 Å². The molecule has 2 atom stereocenters. The Kier molecular flexibility index (Phi) is 6.23. The Morgan fingerprint density at radius 3 is 2.35 bits per heavy atom. The molecule has 1 aromatic rings. The van der Waals surface area contributed by atoms with Crippen LogP contribution in [0.3, 0.4) is 0 Å². The smallest absolute Gasteiger partial charge is 0.0720 e. The Bertz CT molecular complexity index is 307. The summed E-state index contributed by atoms with van der Waals surface area (Å²) >= 11 is 0. The van der Waals surface area contributed by atoms with Crippen LogP contribution in [-0.2, 0) is 11.3 Å². The van der Waals surface area contributed by atoms with Crippen LogP contribution in [0.2, 0.25) is 0 Å². The lowest BCUT2D eigenvalue weighted by Crippen LogP contribution is -2.14. The summed E-state index contributed by atoms with van der Waals surface area (Å²) in [5.41, 5.74) is 2.64. The highest BCUT2D eigenvalue weighted by Crippen LogP contribution is 2.15. The van der Waals surface area contributed by atoms with E-state index in [9.17, 15) is 0 Å². The summed E-state index contributed by atoms with van der Waals surface area (Å²) < 4.78 is 5.71. The lowest BCUT2D eigenvalue weighted by atomic mass is 10.00. The van der Waals surface area contributed by atoms with Crippen molar-refractivity contribution >= 4 is 0 Å². The van der Waals surface area contributed by atoms with E-state index in [1.807, 2.05) is 7.05 Å². The van der Waals surface area contributed by atoms with Gasteiger partial charge in [0.2, 0.25) is 0 Å². The van der Waals surface area contributed by atoms with E-state index in [2.05, 4.69) is 50.4 Å².